The fourth-order valence-electron chi connectivity index (χ4n) is 0.974. The standard InChI is InChI=1S/C9H12ClN/c1-3-5-11-6-4-8(2)7-9(11)10/h3-4,6-7,9H,1,5H2,2H3. The van der Waals surface area contributed by atoms with E-state index in [2.05, 4.69) is 6.58 Å². The van der Waals surface area contributed by atoms with Crippen molar-refractivity contribution in [1.29, 1.82) is 0 Å². The summed E-state index contributed by atoms with van der Waals surface area (Å²) in [6.07, 6.45) is 7.90. The van der Waals surface area contributed by atoms with Gasteiger partial charge in [-0.1, -0.05) is 23.3 Å². The molecule has 1 rings (SSSR count). The van der Waals surface area contributed by atoms with Crippen LogP contribution in [0.1, 0.15) is 6.92 Å². The van der Waals surface area contributed by atoms with Crippen LogP contribution in [0.5, 0.6) is 0 Å². The SMILES string of the molecule is C=CCN1C=CC(C)=CC1Cl. The summed E-state index contributed by atoms with van der Waals surface area (Å²) in [6, 6.07) is 0. The summed E-state index contributed by atoms with van der Waals surface area (Å²) in [5.41, 5.74) is 1.20. The molecule has 0 amide bonds. The van der Waals surface area contributed by atoms with E-state index in [9.17, 15) is 0 Å². The van der Waals surface area contributed by atoms with Crippen LogP contribution in [0.25, 0.3) is 0 Å². The molecule has 0 aromatic rings. The van der Waals surface area contributed by atoms with Gasteiger partial charge in [-0.15, -0.1) is 6.58 Å². The van der Waals surface area contributed by atoms with Crippen molar-refractivity contribution in [3.05, 3.63) is 36.6 Å². The van der Waals surface area contributed by atoms with E-state index in [1.165, 1.54) is 5.57 Å². The minimum Gasteiger partial charge on any atom is -0.354 e. The van der Waals surface area contributed by atoms with Gasteiger partial charge in [0, 0.05) is 12.7 Å². The topological polar surface area (TPSA) is 3.24 Å². The van der Waals surface area contributed by atoms with Crippen molar-refractivity contribution in [3.63, 3.8) is 0 Å². The summed E-state index contributed by atoms with van der Waals surface area (Å²) in [5.74, 6) is 0. The second kappa shape index (κ2) is 3.63. The predicted molar refractivity (Wildman–Crippen MR) is 49.4 cm³/mol. The maximum Gasteiger partial charge on any atom is 0.123 e. The summed E-state index contributed by atoms with van der Waals surface area (Å²) in [6.45, 7) is 6.49. The zero-order valence-corrected chi connectivity index (χ0v) is 7.38. The van der Waals surface area contributed by atoms with E-state index in [0.717, 1.165) is 6.54 Å². The maximum absolute atomic E-state index is 6.01. The van der Waals surface area contributed by atoms with Gasteiger partial charge in [-0.3, -0.25) is 0 Å². The molecule has 0 spiro atoms. The van der Waals surface area contributed by atoms with Gasteiger partial charge in [0.1, 0.15) is 5.50 Å². The first-order chi connectivity index (χ1) is 5.24. The Labute approximate surface area is 72.6 Å². The Morgan fingerprint density at radius 3 is 3.09 bits per heavy atom. The summed E-state index contributed by atoms with van der Waals surface area (Å²) in [7, 11) is 0. The van der Waals surface area contributed by atoms with E-state index in [-0.39, 0.29) is 5.50 Å². The quantitative estimate of drug-likeness (QED) is 0.349. The Kier molecular flexibility index (Phi) is 2.77. The fraction of sp³-hybridized carbons (Fsp3) is 0.333. The molecular formula is C9H12ClN. The molecule has 0 radical (unpaired) electrons. The molecule has 0 bridgehead atoms. The molecule has 0 saturated carbocycles. The van der Waals surface area contributed by atoms with Crippen LogP contribution in [0.3, 0.4) is 0 Å². The Balaban J connectivity index is 2.61. The van der Waals surface area contributed by atoms with Gasteiger partial charge >= 0.3 is 0 Å². The normalized spacial score (nSPS) is 23.3. The second-order valence-corrected chi connectivity index (χ2v) is 3.03. The Hall–Kier alpha value is -0.690. The van der Waals surface area contributed by atoms with Gasteiger partial charge in [0.05, 0.1) is 0 Å². The van der Waals surface area contributed by atoms with E-state index in [1.54, 1.807) is 0 Å². The Morgan fingerprint density at radius 2 is 2.55 bits per heavy atom. The number of allylic oxidation sites excluding steroid dienone is 2. The summed E-state index contributed by atoms with van der Waals surface area (Å²) in [4.78, 5) is 2.02. The molecule has 11 heavy (non-hydrogen) atoms. The van der Waals surface area contributed by atoms with E-state index in [4.69, 9.17) is 11.6 Å². The number of alkyl halides is 1. The lowest BCUT2D eigenvalue weighted by atomic mass is 10.2. The number of nitrogens with zero attached hydrogens (tertiary/aromatic N) is 1. The Bertz CT molecular complexity index is 206. The van der Waals surface area contributed by atoms with Gasteiger partial charge in [0.25, 0.3) is 0 Å². The van der Waals surface area contributed by atoms with Crippen LogP contribution in [0.2, 0.25) is 0 Å². The van der Waals surface area contributed by atoms with Gasteiger partial charge in [0.2, 0.25) is 0 Å². The van der Waals surface area contributed by atoms with Crippen molar-refractivity contribution in [1.82, 2.24) is 4.90 Å². The van der Waals surface area contributed by atoms with Gasteiger partial charge < -0.3 is 4.90 Å². The number of rotatable bonds is 2. The molecule has 0 aromatic heterocycles. The molecule has 1 aliphatic rings. The van der Waals surface area contributed by atoms with Crippen molar-refractivity contribution in [2.24, 2.45) is 0 Å². The molecule has 1 nitrogen and oxygen atoms in total. The van der Waals surface area contributed by atoms with Crippen LogP contribution in [-0.4, -0.2) is 16.9 Å². The molecule has 0 aromatic carbocycles. The average Bonchev–Trinajstić information content (AvgIpc) is 1.95. The molecule has 1 aliphatic heterocycles. The first-order valence-corrected chi connectivity index (χ1v) is 4.05. The van der Waals surface area contributed by atoms with Crippen LogP contribution in [-0.2, 0) is 0 Å². The highest BCUT2D eigenvalue weighted by molar-refractivity contribution is 6.21. The number of hydrogen-bond acceptors (Lipinski definition) is 1. The van der Waals surface area contributed by atoms with Gasteiger partial charge in [-0.2, -0.15) is 0 Å². The number of hydrogen-bond donors (Lipinski definition) is 0. The zero-order valence-electron chi connectivity index (χ0n) is 6.63. The van der Waals surface area contributed by atoms with Gasteiger partial charge in [0.15, 0.2) is 0 Å². The second-order valence-electron chi connectivity index (χ2n) is 2.58. The zero-order chi connectivity index (χ0) is 8.27. The van der Waals surface area contributed by atoms with Gasteiger partial charge in [-0.25, -0.2) is 0 Å². The smallest absolute Gasteiger partial charge is 0.123 e. The highest BCUT2D eigenvalue weighted by atomic mass is 35.5. The van der Waals surface area contributed by atoms with E-state index in [0.29, 0.717) is 0 Å². The first-order valence-electron chi connectivity index (χ1n) is 3.61. The highest BCUT2D eigenvalue weighted by Gasteiger charge is 2.10. The molecule has 0 N–H and O–H groups in total. The van der Waals surface area contributed by atoms with Crippen molar-refractivity contribution >= 4 is 11.6 Å². The minimum absolute atomic E-state index is 0.0157. The largest absolute Gasteiger partial charge is 0.354 e. The predicted octanol–water partition coefficient (Wildman–Crippen LogP) is 2.51. The van der Waals surface area contributed by atoms with Crippen molar-refractivity contribution in [3.8, 4) is 0 Å². The lowest BCUT2D eigenvalue weighted by molar-refractivity contribution is 0.422. The third-order valence-electron chi connectivity index (χ3n) is 1.59. The third-order valence-corrected chi connectivity index (χ3v) is 1.96. The van der Waals surface area contributed by atoms with E-state index >= 15 is 0 Å². The lowest BCUT2D eigenvalue weighted by Crippen LogP contribution is -2.26. The average molecular weight is 170 g/mol. The fourth-order valence-corrected chi connectivity index (χ4v) is 1.32. The van der Waals surface area contributed by atoms with Crippen LogP contribution in [0, 0.1) is 0 Å². The van der Waals surface area contributed by atoms with Crippen LogP contribution in [0.15, 0.2) is 36.6 Å². The molecule has 2 heteroatoms. The molecule has 0 fully saturated rings. The first kappa shape index (κ1) is 8.41. The van der Waals surface area contributed by atoms with Crippen molar-refractivity contribution < 1.29 is 0 Å². The molecule has 60 valence electrons. The molecule has 1 heterocycles. The van der Waals surface area contributed by atoms with Crippen LogP contribution >= 0.6 is 11.6 Å². The van der Waals surface area contributed by atoms with E-state index in [1.807, 2.05) is 36.3 Å². The molecule has 1 atom stereocenters. The maximum atomic E-state index is 6.01. The lowest BCUT2D eigenvalue weighted by Gasteiger charge is -2.25. The molecule has 0 saturated heterocycles. The van der Waals surface area contributed by atoms with Crippen LogP contribution in [0.4, 0.5) is 0 Å². The monoisotopic (exact) mass is 169 g/mol. The van der Waals surface area contributed by atoms with E-state index < -0.39 is 0 Å². The van der Waals surface area contributed by atoms with Gasteiger partial charge in [-0.05, 0) is 19.1 Å². The summed E-state index contributed by atoms with van der Waals surface area (Å²) >= 11 is 6.01. The highest BCUT2D eigenvalue weighted by Crippen LogP contribution is 2.15. The Morgan fingerprint density at radius 1 is 1.82 bits per heavy atom. The summed E-state index contributed by atoms with van der Waals surface area (Å²) in [5, 5.41) is 0. The third kappa shape index (κ3) is 2.12. The molecule has 1 unspecified atom stereocenters. The minimum atomic E-state index is -0.0157. The van der Waals surface area contributed by atoms with Crippen molar-refractivity contribution in [2.45, 2.75) is 12.4 Å². The van der Waals surface area contributed by atoms with Crippen LogP contribution < -0.4 is 0 Å². The van der Waals surface area contributed by atoms with Crippen molar-refractivity contribution in [2.75, 3.05) is 6.54 Å². The molecular weight excluding hydrogens is 158 g/mol. The summed E-state index contributed by atoms with van der Waals surface area (Å²) < 4.78 is 0. The molecule has 0 aliphatic carbocycles. The number of halogens is 1.